The molecule has 0 saturated heterocycles. The second-order valence-electron chi connectivity index (χ2n) is 32.1. The molecule has 0 N–H and O–H groups in total. The minimum atomic E-state index is -4.92. The van der Waals surface area contributed by atoms with Crippen molar-refractivity contribution in [3.63, 3.8) is 0 Å². The molecule has 41 heteroatoms. The lowest BCUT2D eigenvalue weighted by atomic mass is 9.99. The van der Waals surface area contributed by atoms with Crippen molar-refractivity contribution >= 4 is 91.9 Å². The SMILES string of the molecule is CC(C)C(=O)c1cccc(C(F)(F)F)c1.CC(C)Cc1cccc(C(F)(F)F)c1.CC(C)S(=O)(=O)c1ccc2c(c1)OCCC2.CC(C)S(=O)(=O)c1cccc(Cl)c1.CCOCCS(=O)(=O)C(C)C.Cc1c(F)cc(S(=O)(=O)C(C)C)cc1F.Cc1ccc(S(=O)(=O)C(C)C)c(OC(F)(F)F)c1.Cc1ccc(S(=O)(=O)C(C)C)cc1[N+](=O)[O-].Cc1ccc(S(=O)(=O)C(C)C)cn1. The van der Waals surface area contributed by atoms with Crippen molar-refractivity contribution < 1.29 is 131 Å². The molecule has 2 heterocycles. The Balaban J connectivity index is 0.000000739. The number of hydrogen-bond donors (Lipinski definition) is 0. The van der Waals surface area contributed by atoms with Gasteiger partial charge < -0.3 is 14.2 Å². The standard InChI is InChI=1S/C12H16O3S.C11H13F3O3S.C11H11F3O.C11H13F3.C10H12F2O2S.C10H13NO4S.C9H11ClO2S.C9H13NO2S.C7H16O3S/c1-9(2)16(13,14)11-6-5-10-4-3-7-15-12(10)8-11;1-7(2)18(15,16)10-5-4-8(3)6-9(10)17-11(12,13)14;1-7(2)10(15)8-4-3-5-9(6-8)11(12,13)14;1-8(2)6-9-4-3-5-10(7-9)11(12,13)14;1-6(2)15(13,14)8-4-9(11)7(3)10(12)5-8;1-7(2)16(14,15)9-5-4-8(3)10(6-9)11(12)13;1-7(2)13(11,12)9-5-3-4-8(10)6-9;1-7(2)13(11,12)9-5-4-8(3)10-6-9;1-4-10-5-6-11(8,9)7(2)3/h5-6,8-9H,3-4,7H2,1-2H3;4-7H,1-3H3;3-7H,1-2H3;3-5,7-8H,6H2,1-2H3;4-6H,1-3H3;4-7H,1-3H3;3-7H,1-2H3;4-7H,1-3H3;7H,4-6H2,1-3H3. The molecule has 0 bridgehead atoms. The maximum Gasteiger partial charge on any atom is 0.573 e. The fourth-order valence-corrected chi connectivity index (χ4v) is 17.8. The van der Waals surface area contributed by atoms with Gasteiger partial charge in [-0.1, -0.05) is 93.9 Å². The molecule has 131 heavy (non-hydrogen) atoms. The van der Waals surface area contributed by atoms with E-state index in [0.29, 0.717) is 58.1 Å². The average Bonchev–Trinajstić information content (AvgIpc) is 0.787. The number of pyridine rings is 1. The second-order valence-corrected chi connectivity index (χ2v) is 50.2. The number of fused-ring (bicyclic) bond motifs is 1. The molecule has 0 spiro atoms. The molecule has 0 aliphatic carbocycles. The van der Waals surface area contributed by atoms with Crippen LogP contribution in [0.2, 0.25) is 5.02 Å². The maximum absolute atomic E-state index is 13.1. The van der Waals surface area contributed by atoms with Gasteiger partial charge >= 0.3 is 18.7 Å². The highest BCUT2D eigenvalue weighted by Crippen LogP contribution is 2.36. The molecule has 0 saturated carbocycles. The fourth-order valence-electron chi connectivity index (χ4n) is 10.3. The summed E-state index contributed by atoms with van der Waals surface area (Å²) in [7, 11) is -23.3. The molecule has 0 fully saturated rings. The highest BCUT2D eigenvalue weighted by molar-refractivity contribution is 7.93. The summed E-state index contributed by atoms with van der Waals surface area (Å²) < 4.78 is 314. The van der Waals surface area contributed by atoms with Crippen LogP contribution in [0.5, 0.6) is 11.5 Å². The average molecular weight is 2020 g/mol. The number of nitrogens with zero attached hydrogens (tertiary/aromatic N) is 2. The van der Waals surface area contributed by atoms with E-state index < -0.39 is 157 Å². The monoisotopic (exact) mass is 2010 g/mol. The quantitative estimate of drug-likeness (QED) is 0.0189. The summed E-state index contributed by atoms with van der Waals surface area (Å²) in [5, 5.41) is 7.53. The first kappa shape index (κ1) is 120. The molecule has 22 nitrogen and oxygen atoms in total. The second kappa shape index (κ2) is 51.8. The summed E-state index contributed by atoms with van der Waals surface area (Å²) in [5.41, 5.74) is 2.04. The van der Waals surface area contributed by atoms with E-state index in [1.165, 1.54) is 89.3 Å². The highest BCUT2D eigenvalue weighted by atomic mass is 35.5. The van der Waals surface area contributed by atoms with Gasteiger partial charge in [0.25, 0.3) is 5.69 Å². The Morgan fingerprint density at radius 3 is 1.39 bits per heavy atom. The molecule has 0 unspecified atom stereocenters. The van der Waals surface area contributed by atoms with E-state index in [2.05, 4.69) is 9.72 Å². The number of nitro groups is 1. The number of Topliss-reactive ketones (excluding diaryl/α,β-unsaturated/α-hetero) is 1. The Kier molecular flexibility index (Phi) is 47.7. The largest absolute Gasteiger partial charge is 0.573 e. The van der Waals surface area contributed by atoms with Crippen LogP contribution in [0.4, 0.5) is 54.0 Å². The van der Waals surface area contributed by atoms with Crippen molar-refractivity contribution in [2.75, 3.05) is 25.6 Å². The van der Waals surface area contributed by atoms with Crippen LogP contribution in [0.15, 0.2) is 187 Å². The zero-order chi connectivity index (χ0) is 102. The topological polar surface area (TPSA) is 340 Å². The molecule has 0 amide bonds. The number of ether oxygens (including phenoxy) is 3. The number of hydrogen-bond acceptors (Lipinski definition) is 21. The molecular formula is C90H118ClF11N2O20S7. The smallest absolute Gasteiger partial charge is 0.493 e. The van der Waals surface area contributed by atoms with Gasteiger partial charge in [0.2, 0.25) is 0 Å². The van der Waals surface area contributed by atoms with Gasteiger partial charge in [-0.05, 0) is 264 Å². The first-order valence-corrected chi connectivity index (χ1v) is 52.2. The van der Waals surface area contributed by atoms with Crippen molar-refractivity contribution in [2.45, 2.75) is 263 Å². The molecule has 1 aliphatic rings. The van der Waals surface area contributed by atoms with Gasteiger partial charge in [-0.25, -0.2) is 67.7 Å². The van der Waals surface area contributed by atoms with Crippen molar-refractivity contribution in [1.82, 2.24) is 4.98 Å². The number of ketones is 1. The maximum atomic E-state index is 13.1. The van der Waals surface area contributed by atoms with Crippen molar-refractivity contribution in [3.05, 3.63) is 235 Å². The molecule has 7 aromatic carbocycles. The number of nitro benzene ring substituents is 1. The molecule has 0 radical (unpaired) electrons. The Morgan fingerprint density at radius 2 is 0.954 bits per heavy atom. The zero-order valence-corrected chi connectivity index (χ0v) is 83.6. The molecule has 8 aromatic rings. The molecule has 1 aliphatic heterocycles. The van der Waals surface area contributed by atoms with E-state index in [9.17, 15) is 122 Å². The minimum Gasteiger partial charge on any atom is -0.493 e. The van der Waals surface area contributed by atoms with E-state index in [-0.39, 0.29) is 54.2 Å². The van der Waals surface area contributed by atoms with E-state index in [4.69, 9.17) is 21.1 Å². The summed E-state index contributed by atoms with van der Waals surface area (Å²) in [6.45, 7) is 39.1. The molecule has 1 aromatic heterocycles. The normalized spacial score (nSPS) is 12.6. The van der Waals surface area contributed by atoms with Gasteiger partial charge in [-0.2, -0.15) is 26.3 Å². The number of rotatable bonds is 23. The number of alkyl halides is 9. The number of aryl methyl sites for hydroxylation is 4. The van der Waals surface area contributed by atoms with Crippen LogP contribution in [0, 0.1) is 61.3 Å². The van der Waals surface area contributed by atoms with E-state index >= 15 is 0 Å². The van der Waals surface area contributed by atoms with Gasteiger partial charge in [0.05, 0.1) is 96.2 Å². The number of aromatic nitrogens is 1. The summed E-state index contributed by atoms with van der Waals surface area (Å²) in [6.07, 6.45) is -9.48. The number of halogens is 12. The van der Waals surface area contributed by atoms with Gasteiger partial charge in [-0.3, -0.25) is 19.9 Å². The van der Waals surface area contributed by atoms with Crippen LogP contribution >= 0.6 is 11.6 Å². The Hall–Kier alpha value is -8.51. The Labute approximate surface area is 769 Å². The molecule has 0 atom stereocenters. The summed E-state index contributed by atoms with van der Waals surface area (Å²) >= 11 is 5.69. The van der Waals surface area contributed by atoms with Crippen LogP contribution in [-0.4, -0.2) is 143 Å². The number of carbonyl (C=O) groups excluding carboxylic acids is 1. The molecule has 9 rings (SSSR count). The van der Waals surface area contributed by atoms with Crippen LogP contribution in [-0.2, 0) is 98.8 Å². The van der Waals surface area contributed by atoms with Crippen LogP contribution in [0.3, 0.4) is 0 Å². The number of benzene rings is 7. The zero-order valence-electron chi connectivity index (χ0n) is 77.1. The van der Waals surface area contributed by atoms with Crippen molar-refractivity contribution in [3.8, 4) is 11.5 Å². The van der Waals surface area contributed by atoms with Gasteiger partial charge in [-0.15, -0.1) is 13.2 Å². The lowest BCUT2D eigenvalue weighted by molar-refractivity contribution is -0.385. The Morgan fingerprint density at radius 1 is 0.504 bits per heavy atom. The summed E-state index contributed by atoms with van der Waals surface area (Å²) in [4.78, 5) is 25.7. The van der Waals surface area contributed by atoms with Gasteiger partial charge in [0, 0.05) is 52.2 Å². The highest BCUT2D eigenvalue weighted by Gasteiger charge is 2.36. The predicted molar refractivity (Wildman–Crippen MR) is 487 cm³/mol. The van der Waals surface area contributed by atoms with Crippen LogP contribution < -0.4 is 9.47 Å². The first-order valence-electron chi connectivity index (χ1n) is 40.8. The minimum absolute atomic E-state index is 0.000185. The van der Waals surface area contributed by atoms with E-state index in [1.807, 2.05) is 33.8 Å². The molecular weight excluding hydrogens is 1900 g/mol. The third kappa shape index (κ3) is 39.2. The van der Waals surface area contributed by atoms with Gasteiger partial charge in [0.15, 0.2) is 74.6 Å². The lowest BCUT2D eigenvalue weighted by Gasteiger charge is -2.18. The number of carbonyl (C=O) groups is 1. The fraction of sp³-hybridized carbons (Fsp3) is 0.467. The Bertz CT molecular complexity index is 5910. The molecule has 734 valence electrons. The third-order valence-electron chi connectivity index (χ3n) is 18.5. The van der Waals surface area contributed by atoms with Crippen LogP contribution in [0.25, 0.3) is 0 Å². The summed E-state index contributed by atoms with van der Waals surface area (Å²) in [6, 6.07) is 34.1. The third-order valence-corrected chi connectivity index (χ3v) is 33.9. The van der Waals surface area contributed by atoms with Crippen molar-refractivity contribution in [2.24, 2.45) is 11.8 Å². The predicted octanol–water partition coefficient (Wildman–Crippen LogP) is 22.2. The van der Waals surface area contributed by atoms with Crippen molar-refractivity contribution in [1.29, 1.82) is 0 Å². The lowest BCUT2D eigenvalue weighted by Crippen LogP contribution is -2.21. The number of sulfone groups is 7. The van der Waals surface area contributed by atoms with E-state index in [0.717, 1.165) is 83.9 Å². The summed E-state index contributed by atoms with van der Waals surface area (Å²) in [5.74, 6) is -1.70. The van der Waals surface area contributed by atoms with Crippen LogP contribution in [0.1, 0.15) is 193 Å². The van der Waals surface area contributed by atoms with Gasteiger partial charge in [0.1, 0.15) is 28.0 Å². The van der Waals surface area contributed by atoms with E-state index in [1.54, 1.807) is 145 Å². The first-order chi connectivity index (χ1) is 59.7.